The zero-order valence-corrected chi connectivity index (χ0v) is 44.2. The van der Waals surface area contributed by atoms with Gasteiger partial charge in [0.15, 0.2) is 0 Å². The first-order valence-electron chi connectivity index (χ1n) is 21.6. The molecule has 340 valence electrons. The van der Waals surface area contributed by atoms with Gasteiger partial charge >= 0.3 is 0 Å². The maximum absolute atomic E-state index is 11.0. The van der Waals surface area contributed by atoms with Gasteiger partial charge in [0.1, 0.15) is 23.0 Å². The van der Waals surface area contributed by atoms with Crippen LogP contribution in [0.2, 0.25) is 0 Å². The molecule has 4 rings (SSSR count). The van der Waals surface area contributed by atoms with E-state index in [1.807, 2.05) is 37.4 Å². The van der Waals surface area contributed by atoms with E-state index in [0.29, 0.717) is 23.0 Å². The van der Waals surface area contributed by atoms with E-state index in [0.717, 1.165) is 67.5 Å². The fourth-order valence-corrected chi connectivity index (χ4v) is 9.25. The molecule has 0 atom stereocenters. The largest absolute Gasteiger partial charge is 0.507 e. The number of hydrogen-bond acceptors (Lipinski definition) is 6. The van der Waals surface area contributed by atoms with Crippen LogP contribution in [-0.2, 0) is 55.5 Å². The summed E-state index contributed by atoms with van der Waals surface area (Å²) in [5.41, 5.74) is 12.3. The molecule has 0 aliphatic heterocycles. The van der Waals surface area contributed by atoms with E-state index in [1.165, 1.54) is 22.3 Å². The average molecular weight is 891 g/mol. The van der Waals surface area contributed by atoms with Gasteiger partial charge in [-0.05, 0) is 113 Å². The third kappa shape index (κ3) is 14.6. The molecule has 0 bridgehead atoms. The van der Waals surface area contributed by atoms with Gasteiger partial charge in [0.25, 0.3) is 0 Å². The first-order chi connectivity index (χ1) is 27.0. The van der Waals surface area contributed by atoms with Crippen molar-refractivity contribution in [3.05, 3.63) is 115 Å². The highest BCUT2D eigenvalue weighted by Crippen LogP contribution is 2.43. The Morgan fingerprint density at radius 2 is 0.475 bits per heavy atom. The van der Waals surface area contributed by atoms with Gasteiger partial charge in [-0.15, -0.1) is 0 Å². The van der Waals surface area contributed by atoms with E-state index >= 15 is 0 Å². The molecule has 4 aromatic carbocycles. The smallest absolute Gasteiger partial charge is 0.123 e. The third-order valence-corrected chi connectivity index (χ3v) is 13.1. The summed E-state index contributed by atoms with van der Waals surface area (Å²) >= 11 is 3.75. The van der Waals surface area contributed by atoms with Crippen molar-refractivity contribution in [2.45, 2.75) is 194 Å². The van der Waals surface area contributed by atoms with Gasteiger partial charge in [-0.1, -0.05) is 173 Å². The molecule has 0 spiro atoms. The molecule has 4 N–H and O–H groups in total. The van der Waals surface area contributed by atoms with Crippen molar-refractivity contribution in [2.24, 2.45) is 0 Å². The standard InChI is InChI=1S/C30H46O2S.C24H34O2S.H2S/c1-27(2,3)21-13-19(14-22(25(21)31)28(4,5)6)17-33-18-20-15-23(29(7,8)9)26(32)24(16-20)30(10,11)12;1-15-9-17(11-19(21(15)25)23(3,4)5)13-27-14-18-10-16(2)22(26)20(12-18)24(6,7)8;/h13-16,31-32H,17-18H2,1-12H3;9-12,25-26H,13-14H2,1-8H3;1H2. The molecule has 0 radical (unpaired) electrons. The third-order valence-electron chi connectivity index (χ3n) is 11.0. The molecular formula is C54H82O4S3. The molecule has 0 saturated heterocycles. The minimum atomic E-state index is -0.120. The second-order valence-electron chi connectivity index (χ2n) is 23.2. The number of phenols is 4. The lowest BCUT2D eigenvalue weighted by Crippen LogP contribution is -2.18. The summed E-state index contributed by atoms with van der Waals surface area (Å²) in [6.45, 7) is 42.6. The molecule has 4 aromatic rings. The van der Waals surface area contributed by atoms with E-state index in [2.05, 4.69) is 173 Å². The molecular weight excluding hydrogens is 809 g/mol. The Kier molecular flexibility index (Phi) is 17.7. The maximum atomic E-state index is 11.0. The zero-order valence-electron chi connectivity index (χ0n) is 41.6. The molecule has 0 aromatic heterocycles. The Morgan fingerprint density at radius 3 is 0.656 bits per heavy atom. The molecule has 0 aliphatic carbocycles. The summed E-state index contributed by atoms with van der Waals surface area (Å²) in [6.07, 6.45) is 0. The minimum absolute atomic E-state index is 0. The zero-order chi connectivity index (χ0) is 46.1. The minimum Gasteiger partial charge on any atom is -0.507 e. The van der Waals surface area contributed by atoms with Gasteiger partial charge in [-0.3, -0.25) is 0 Å². The Morgan fingerprint density at radius 1 is 0.311 bits per heavy atom. The Hall–Kier alpha value is -2.87. The van der Waals surface area contributed by atoms with Crippen LogP contribution in [0.15, 0.2) is 48.5 Å². The molecule has 4 nitrogen and oxygen atoms in total. The predicted octanol–water partition coefficient (Wildman–Crippen LogP) is 15.6. The van der Waals surface area contributed by atoms with Crippen molar-refractivity contribution in [1.29, 1.82) is 0 Å². The molecule has 0 heterocycles. The van der Waals surface area contributed by atoms with E-state index in [-0.39, 0.29) is 46.0 Å². The number of hydrogen-bond donors (Lipinski definition) is 4. The van der Waals surface area contributed by atoms with Crippen LogP contribution in [0.5, 0.6) is 23.0 Å². The molecule has 0 amide bonds. The van der Waals surface area contributed by atoms with Gasteiger partial charge in [-0.25, -0.2) is 0 Å². The summed E-state index contributed by atoms with van der Waals surface area (Å²) in [4.78, 5) is 0. The first kappa shape index (κ1) is 54.3. The van der Waals surface area contributed by atoms with Gasteiger partial charge in [0.2, 0.25) is 0 Å². The van der Waals surface area contributed by atoms with Crippen LogP contribution in [0, 0.1) is 13.8 Å². The average Bonchev–Trinajstić information content (AvgIpc) is 3.06. The van der Waals surface area contributed by atoms with Crippen molar-refractivity contribution in [1.82, 2.24) is 0 Å². The van der Waals surface area contributed by atoms with Gasteiger partial charge in [-0.2, -0.15) is 37.0 Å². The van der Waals surface area contributed by atoms with Gasteiger partial charge in [0, 0.05) is 23.0 Å². The summed E-state index contributed by atoms with van der Waals surface area (Å²) in [5, 5.41) is 42.8. The van der Waals surface area contributed by atoms with Crippen molar-refractivity contribution in [3.8, 4) is 23.0 Å². The number of phenolic OH excluding ortho intramolecular Hbond substituents is 4. The normalized spacial score (nSPS) is 12.8. The van der Waals surface area contributed by atoms with Crippen LogP contribution in [0.3, 0.4) is 0 Å². The van der Waals surface area contributed by atoms with Crippen LogP contribution in [-0.4, -0.2) is 20.4 Å². The van der Waals surface area contributed by atoms with Crippen molar-refractivity contribution in [2.75, 3.05) is 0 Å². The number of aryl methyl sites for hydroxylation is 2. The lowest BCUT2D eigenvalue weighted by atomic mass is 9.78. The fourth-order valence-electron chi connectivity index (χ4n) is 7.43. The Bertz CT molecular complexity index is 1900. The molecule has 7 heteroatoms. The predicted molar refractivity (Wildman–Crippen MR) is 274 cm³/mol. The highest BCUT2D eigenvalue weighted by atomic mass is 32.2. The Balaban J connectivity index is 0.000000421. The van der Waals surface area contributed by atoms with Gasteiger partial charge in [0.05, 0.1) is 0 Å². The molecule has 61 heavy (non-hydrogen) atoms. The lowest BCUT2D eigenvalue weighted by molar-refractivity contribution is 0.422. The van der Waals surface area contributed by atoms with Gasteiger partial charge < -0.3 is 20.4 Å². The van der Waals surface area contributed by atoms with Crippen molar-refractivity contribution < 1.29 is 20.4 Å². The van der Waals surface area contributed by atoms with E-state index in [9.17, 15) is 20.4 Å². The fraction of sp³-hybridized carbons (Fsp3) is 0.556. The number of benzene rings is 4. The monoisotopic (exact) mass is 891 g/mol. The quantitative estimate of drug-likeness (QED) is 0.141. The van der Waals surface area contributed by atoms with E-state index < -0.39 is 0 Å². The highest BCUT2D eigenvalue weighted by molar-refractivity contribution is 7.97. The summed E-state index contributed by atoms with van der Waals surface area (Å²) < 4.78 is 0. The summed E-state index contributed by atoms with van der Waals surface area (Å²) in [5.74, 6) is 5.26. The van der Waals surface area contributed by atoms with E-state index in [4.69, 9.17) is 0 Å². The number of aromatic hydroxyl groups is 4. The molecule has 0 saturated carbocycles. The highest BCUT2D eigenvalue weighted by Gasteiger charge is 2.29. The summed E-state index contributed by atoms with van der Waals surface area (Å²) in [6, 6.07) is 17.1. The first-order valence-corrected chi connectivity index (χ1v) is 23.9. The van der Waals surface area contributed by atoms with Crippen LogP contribution < -0.4 is 0 Å². The topological polar surface area (TPSA) is 80.9 Å². The van der Waals surface area contributed by atoms with Crippen LogP contribution >= 0.6 is 37.0 Å². The Labute approximate surface area is 387 Å². The van der Waals surface area contributed by atoms with Crippen LogP contribution in [0.25, 0.3) is 0 Å². The maximum Gasteiger partial charge on any atom is 0.123 e. The van der Waals surface area contributed by atoms with Crippen molar-refractivity contribution in [3.63, 3.8) is 0 Å². The molecule has 0 aliphatic rings. The summed E-state index contributed by atoms with van der Waals surface area (Å²) in [7, 11) is 0. The lowest BCUT2D eigenvalue weighted by Gasteiger charge is -2.28. The molecule has 0 unspecified atom stereocenters. The van der Waals surface area contributed by atoms with Crippen LogP contribution in [0.4, 0.5) is 0 Å². The molecule has 0 fully saturated rings. The second kappa shape index (κ2) is 19.9. The number of rotatable bonds is 8. The van der Waals surface area contributed by atoms with Crippen LogP contribution in [0.1, 0.15) is 191 Å². The van der Waals surface area contributed by atoms with Crippen molar-refractivity contribution >= 4 is 37.0 Å². The number of thioether (sulfide) groups is 2. The van der Waals surface area contributed by atoms with E-state index in [1.54, 1.807) is 0 Å². The SMILES string of the molecule is CC(C)(C)c1cc(CSCc2cc(C(C)(C)C)c(O)c(C(C)(C)C)c2)cc(C(C)(C)C)c1O.Cc1cc(CSCc2cc(C)c(O)c(C(C)(C)C)c2)cc(C(C)(C)C)c1O.S. The second-order valence-corrected chi connectivity index (χ2v) is 25.2.